The van der Waals surface area contributed by atoms with Gasteiger partial charge in [0, 0.05) is 30.0 Å². The third-order valence-corrected chi connectivity index (χ3v) is 5.31. The lowest BCUT2D eigenvalue weighted by Crippen LogP contribution is -2.31. The van der Waals surface area contributed by atoms with Crippen molar-refractivity contribution in [1.29, 1.82) is 0 Å². The van der Waals surface area contributed by atoms with E-state index < -0.39 is 0 Å². The van der Waals surface area contributed by atoms with Crippen molar-refractivity contribution in [1.82, 2.24) is 4.90 Å². The number of nitrogens with zero attached hydrogens (tertiary/aromatic N) is 1. The minimum Gasteiger partial charge on any atom is -0.376 e. The van der Waals surface area contributed by atoms with Gasteiger partial charge >= 0.3 is 0 Å². The maximum atomic E-state index is 12.8. The quantitative estimate of drug-likeness (QED) is 0.735. The Labute approximate surface area is 173 Å². The van der Waals surface area contributed by atoms with Crippen molar-refractivity contribution >= 4 is 23.2 Å². The molecule has 1 aliphatic heterocycles. The van der Waals surface area contributed by atoms with Crippen LogP contribution >= 0.6 is 0 Å². The number of para-hydroxylation sites is 1. The molecule has 5 heteroatoms. The molecule has 2 N–H and O–H groups in total. The first kappa shape index (κ1) is 20.9. The van der Waals surface area contributed by atoms with Crippen molar-refractivity contribution in [3.8, 4) is 0 Å². The second kappa shape index (κ2) is 10.1. The van der Waals surface area contributed by atoms with Gasteiger partial charge in [-0.1, -0.05) is 51.0 Å². The Morgan fingerprint density at radius 3 is 2.41 bits per heavy atom. The molecule has 2 aromatic carbocycles. The molecular weight excluding hydrogens is 362 g/mol. The van der Waals surface area contributed by atoms with E-state index in [1.54, 1.807) is 6.07 Å². The van der Waals surface area contributed by atoms with Crippen molar-refractivity contribution < 1.29 is 9.59 Å². The molecule has 0 radical (unpaired) electrons. The molecule has 0 saturated carbocycles. The molecule has 0 bridgehead atoms. The summed E-state index contributed by atoms with van der Waals surface area (Å²) >= 11 is 0. The molecule has 1 saturated heterocycles. The van der Waals surface area contributed by atoms with Gasteiger partial charge in [-0.2, -0.15) is 0 Å². The van der Waals surface area contributed by atoms with Gasteiger partial charge in [-0.05, 0) is 48.6 Å². The van der Waals surface area contributed by atoms with Crippen molar-refractivity contribution in [3.05, 3.63) is 59.7 Å². The average Bonchev–Trinajstić information content (AvgIpc) is 3.01. The number of hydrogen-bond donors (Lipinski definition) is 2. The Bertz CT molecular complexity index is 840. The van der Waals surface area contributed by atoms with Crippen molar-refractivity contribution in [2.24, 2.45) is 0 Å². The number of rotatable bonds is 6. The van der Waals surface area contributed by atoms with Crippen LogP contribution in [0.2, 0.25) is 0 Å². The van der Waals surface area contributed by atoms with Crippen LogP contribution in [0.15, 0.2) is 48.5 Å². The van der Waals surface area contributed by atoms with Crippen molar-refractivity contribution in [2.75, 3.05) is 30.3 Å². The molecule has 5 nitrogen and oxygen atoms in total. The molecule has 0 aromatic heterocycles. The molecule has 2 aromatic rings. The molecule has 0 atom stereocenters. The van der Waals surface area contributed by atoms with E-state index in [-0.39, 0.29) is 18.4 Å². The first-order valence-electron chi connectivity index (χ1n) is 10.6. The van der Waals surface area contributed by atoms with Gasteiger partial charge in [-0.15, -0.1) is 0 Å². The average molecular weight is 394 g/mol. The second-order valence-electron chi connectivity index (χ2n) is 7.93. The highest BCUT2D eigenvalue weighted by molar-refractivity contribution is 5.98. The molecule has 1 heterocycles. The lowest BCUT2D eigenvalue weighted by atomic mass is 10.0. The van der Waals surface area contributed by atoms with Crippen LogP contribution in [0.3, 0.4) is 0 Å². The number of carbonyl (C=O) groups is 2. The Morgan fingerprint density at radius 2 is 1.69 bits per heavy atom. The van der Waals surface area contributed by atoms with E-state index in [9.17, 15) is 9.59 Å². The number of amides is 2. The Hall–Kier alpha value is -2.82. The summed E-state index contributed by atoms with van der Waals surface area (Å²) in [5.74, 6) is 0.290. The summed E-state index contributed by atoms with van der Waals surface area (Å²) in [6.07, 6.45) is 4.50. The number of carbonyl (C=O) groups excluding carboxylic acids is 2. The first-order valence-corrected chi connectivity index (χ1v) is 10.6. The smallest absolute Gasteiger partial charge is 0.253 e. The Morgan fingerprint density at radius 1 is 0.966 bits per heavy atom. The topological polar surface area (TPSA) is 61.4 Å². The van der Waals surface area contributed by atoms with Crippen LogP contribution in [-0.2, 0) is 4.79 Å². The summed E-state index contributed by atoms with van der Waals surface area (Å²) in [5, 5.41) is 6.12. The molecule has 0 unspecified atom stereocenters. The SMILES string of the molecule is CC(C)c1ccccc1NCC(=O)Nc1cccc(C(=O)N2CCCCCC2)c1. The van der Waals surface area contributed by atoms with Gasteiger partial charge in [-0.25, -0.2) is 0 Å². The van der Waals surface area contributed by atoms with Crippen LogP contribution in [0.4, 0.5) is 11.4 Å². The zero-order chi connectivity index (χ0) is 20.6. The molecule has 154 valence electrons. The van der Waals surface area contributed by atoms with Gasteiger partial charge in [-0.3, -0.25) is 9.59 Å². The molecule has 2 amide bonds. The predicted octanol–water partition coefficient (Wildman–Crippen LogP) is 4.88. The maximum absolute atomic E-state index is 12.8. The van der Waals surface area contributed by atoms with Gasteiger partial charge in [0.25, 0.3) is 5.91 Å². The van der Waals surface area contributed by atoms with Gasteiger partial charge < -0.3 is 15.5 Å². The minimum atomic E-state index is -0.136. The van der Waals surface area contributed by atoms with Gasteiger partial charge in [0.15, 0.2) is 0 Å². The molecule has 29 heavy (non-hydrogen) atoms. The van der Waals surface area contributed by atoms with E-state index in [0.29, 0.717) is 17.2 Å². The van der Waals surface area contributed by atoms with Crippen LogP contribution in [0.5, 0.6) is 0 Å². The summed E-state index contributed by atoms with van der Waals surface area (Å²) in [4.78, 5) is 27.2. The summed E-state index contributed by atoms with van der Waals surface area (Å²) in [6.45, 7) is 6.07. The summed E-state index contributed by atoms with van der Waals surface area (Å²) in [5.41, 5.74) is 3.44. The maximum Gasteiger partial charge on any atom is 0.253 e. The highest BCUT2D eigenvalue weighted by atomic mass is 16.2. The fourth-order valence-electron chi connectivity index (χ4n) is 3.73. The predicted molar refractivity (Wildman–Crippen MR) is 118 cm³/mol. The molecule has 0 aliphatic carbocycles. The largest absolute Gasteiger partial charge is 0.376 e. The number of likely N-dealkylation sites (tertiary alicyclic amines) is 1. The molecule has 1 aliphatic rings. The minimum absolute atomic E-state index is 0.0481. The Balaban J connectivity index is 1.60. The highest BCUT2D eigenvalue weighted by Crippen LogP contribution is 2.23. The lowest BCUT2D eigenvalue weighted by molar-refractivity contribution is -0.114. The summed E-state index contributed by atoms with van der Waals surface area (Å²) < 4.78 is 0. The van der Waals surface area contributed by atoms with E-state index in [0.717, 1.165) is 31.6 Å². The number of benzene rings is 2. The zero-order valence-corrected chi connectivity index (χ0v) is 17.4. The van der Waals surface area contributed by atoms with Crippen LogP contribution < -0.4 is 10.6 Å². The summed E-state index contributed by atoms with van der Waals surface area (Å²) in [7, 11) is 0. The molecule has 0 spiro atoms. The zero-order valence-electron chi connectivity index (χ0n) is 17.4. The van der Waals surface area contributed by atoms with Crippen LogP contribution in [0, 0.1) is 0 Å². The van der Waals surface area contributed by atoms with E-state index in [4.69, 9.17) is 0 Å². The third kappa shape index (κ3) is 5.83. The molecule has 3 rings (SSSR count). The van der Waals surface area contributed by atoms with Crippen molar-refractivity contribution in [3.63, 3.8) is 0 Å². The van der Waals surface area contributed by atoms with E-state index in [2.05, 4.69) is 30.5 Å². The number of nitrogens with one attached hydrogen (secondary N) is 2. The van der Waals surface area contributed by atoms with Gasteiger partial charge in [0.05, 0.1) is 6.54 Å². The van der Waals surface area contributed by atoms with Gasteiger partial charge in [0.2, 0.25) is 5.91 Å². The number of anilines is 2. The fraction of sp³-hybridized carbons (Fsp3) is 0.417. The normalized spacial score (nSPS) is 14.4. The fourth-order valence-corrected chi connectivity index (χ4v) is 3.73. The standard InChI is InChI=1S/C24H31N3O2/c1-18(2)21-12-5-6-13-22(21)25-17-23(28)26-20-11-9-10-19(16-20)24(29)27-14-7-3-4-8-15-27/h5-6,9-13,16,18,25H,3-4,7-8,14-15,17H2,1-2H3,(H,26,28). The lowest BCUT2D eigenvalue weighted by Gasteiger charge is -2.20. The monoisotopic (exact) mass is 393 g/mol. The van der Waals surface area contributed by atoms with Crippen LogP contribution in [-0.4, -0.2) is 36.3 Å². The summed E-state index contributed by atoms with van der Waals surface area (Å²) in [6, 6.07) is 15.3. The number of hydrogen-bond acceptors (Lipinski definition) is 3. The highest BCUT2D eigenvalue weighted by Gasteiger charge is 2.17. The molecule has 1 fully saturated rings. The van der Waals surface area contributed by atoms with Crippen LogP contribution in [0.1, 0.15) is 61.4 Å². The van der Waals surface area contributed by atoms with E-state index in [1.165, 1.54) is 18.4 Å². The second-order valence-corrected chi connectivity index (χ2v) is 7.93. The Kier molecular flexibility index (Phi) is 7.28. The van der Waals surface area contributed by atoms with Crippen molar-refractivity contribution in [2.45, 2.75) is 45.4 Å². The van der Waals surface area contributed by atoms with E-state index >= 15 is 0 Å². The van der Waals surface area contributed by atoms with E-state index in [1.807, 2.05) is 41.3 Å². The molecular formula is C24H31N3O2. The van der Waals surface area contributed by atoms with Crippen LogP contribution in [0.25, 0.3) is 0 Å². The third-order valence-electron chi connectivity index (χ3n) is 5.31. The first-order chi connectivity index (χ1) is 14.0. The van der Waals surface area contributed by atoms with Gasteiger partial charge in [0.1, 0.15) is 0 Å².